The van der Waals surface area contributed by atoms with Gasteiger partial charge in [0.15, 0.2) is 0 Å². The first-order chi connectivity index (χ1) is 6.16. The number of anilines is 2. The summed E-state index contributed by atoms with van der Waals surface area (Å²) >= 11 is 0. The van der Waals surface area contributed by atoms with Crippen molar-refractivity contribution in [1.29, 1.82) is 0 Å². The van der Waals surface area contributed by atoms with Crippen LogP contribution in [0.4, 0.5) is 11.4 Å². The minimum atomic E-state index is 0.709. The van der Waals surface area contributed by atoms with E-state index in [2.05, 4.69) is 19.2 Å². The van der Waals surface area contributed by atoms with Gasteiger partial charge in [-0.1, -0.05) is 0 Å². The number of nitrogens with one attached hydrogen (secondary N) is 1. The molecule has 0 aliphatic heterocycles. The molecule has 2 nitrogen and oxygen atoms in total. The number of benzene rings is 1. The van der Waals surface area contributed by atoms with Crippen LogP contribution < -0.4 is 11.1 Å². The fraction of sp³-hybridized carbons (Fsp3) is 0.455. The van der Waals surface area contributed by atoms with Crippen LogP contribution in [0.2, 0.25) is 0 Å². The normalized spacial score (nSPS) is 15.8. The van der Waals surface area contributed by atoms with E-state index in [0.717, 1.165) is 5.69 Å². The van der Waals surface area contributed by atoms with Crippen LogP contribution in [0.1, 0.15) is 24.0 Å². The van der Waals surface area contributed by atoms with Crippen molar-refractivity contribution >= 4 is 11.4 Å². The zero-order valence-corrected chi connectivity index (χ0v) is 8.22. The van der Waals surface area contributed by atoms with Crippen molar-refractivity contribution < 1.29 is 0 Å². The second kappa shape index (κ2) is 2.95. The monoisotopic (exact) mass is 176 g/mol. The van der Waals surface area contributed by atoms with E-state index in [0.29, 0.717) is 6.04 Å². The summed E-state index contributed by atoms with van der Waals surface area (Å²) in [5.41, 5.74) is 10.4. The summed E-state index contributed by atoms with van der Waals surface area (Å²) in [6.07, 6.45) is 2.62. The summed E-state index contributed by atoms with van der Waals surface area (Å²) in [5, 5.41) is 3.52. The second-order valence-electron chi connectivity index (χ2n) is 3.95. The van der Waals surface area contributed by atoms with Gasteiger partial charge in [-0.2, -0.15) is 0 Å². The van der Waals surface area contributed by atoms with Gasteiger partial charge >= 0.3 is 0 Å². The lowest BCUT2D eigenvalue weighted by Gasteiger charge is -2.12. The Balaban J connectivity index is 2.31. The Morgan fingerprint density at radius 3 is 2.23 bits per heavy atom. The van der Waals surface area contributed by atoms with E-state index >= 15 is 0 Å². The minimum Gasteiger partial charge on any atom is -0.399 e. The Kier molecular flexibility index (Phi) is 1.91. The fourth-order valence-corrected chi connectivity index (χ4v) is 1.66. The predicted molar refractivity (Wildman–Crippen MR) is 57.0 cm³/mol. The molecular weight excluding hydrogens is 160 g/mol. The zero-order chi connectivity index (χ0) is 9.42. The van der Waals surface area contributed by atoms with E-state index in [1.54, 1.807) is 0 Å². The van der Waals surface area contributed by atoms with Crippen LogP contribution >= 0.6 is 0 Å². The largest absolute Gasteiger partial charge is 0.399 e. The van der Waals surface area contributed by atoms with Gasteiger partial charge in [-0.15, -0.1) is 0 Å². The average Bonchev–Trinajstić information content (AvgIpc) is 2.79. The summed E-state index contributed by atoms with van der Waals surface area (Å²) < 4.78 is 0. The molecule has 2 rings (SSSR count). The molecule has 0 unspecified atom stereocenters. The number of rotatable bonds is 2. The molecule has 0 atom stereocenters. The third kappa shape index (κ3) is 1.77. The van der Waals surface area contributed by atoms with Gasteiger partial charge in [0.2, 0.25) is 0 Å². The Hall–Kier alpha value is -1.18. The molecule has 0 aromatic heterocycles. The molecule has 1 fully saturated rings. The van der Waals surface area contributed by atoms with Crippen LogP contribution in [0.3, 0.4) is 0 Å². The molecule has 0 radical (unpaired) electrons. The molecule has 70 valence electrons. The lowest BCUT2D eigenvalue weighted by atomic mass is 10.1. The summed E-state index contributed by atoms with van der Waals surface area (Å²) in [4.78, 5) is 0. The smallest absolute Gasteiger partial charge is 0.0403 e. The Labute approximate surface area is 79.1 Å². The van der Waals surface area contributed by atoms with Crippen molar-refractivity contribution in [2.24, 2.45) is 0 Å². The molecule has 1 aliphatic carbocycles. The van der Waals surface area contributed by atoms with E-state index in [1.165, 1.54) is 29.7 Å². The van der Waals surface area contributed by atoms with E-state index in [9.17, 15) is 0 Å². The van der Waals surface area contributed by atoms with Crippen LogP contribution in [-0.2, 0) is 0 Å². The maximum Gasteiger partial charge on any atom is 0.0403 e. The van der Waals surface area contributed by atoms with Crippen LogP contribution in [0.15, 0.2) is 12.1 Å². The van der Waals surface area contributed by atoms with Crippen molar-refractivity contribution in [3.8, 4) is 0 Å². The van der Waals surface area contributed by atoms with Crippen LogP contribution in [0.25, 0.3) is 0 Å². The van der Waals surface area contributed by atoms with Gasteiger partial charge in [0, 0.05) is 17.4 Å². The highest BCUT2D eigenvalue weighted by Crippen LogP contribution is 2.30. The molecular formula is C11H16N2. The van der Waals surface area contributed by atoms with E-state index in [4.69, 9.17) is 5.73 Å². The van der Waals surface area contributed by atoms with Gasteiger partial charge in [0.25, 0.3) is 0 Å². The fourth-order valence-electron chi connectivity index (χ4n) is 1.66. The zero-order valence-electron chi connectivity index (χ0n) is 8.22. The molecule has 1 saturated carbocycles. The molecule has 2 heteroatoms. The molecule has 0 amide bonds. The van der Waals surface area contributed by atoms with Crippen LogP contribution in [-0.4, -0.2) is 6.04 Å². The third-order valence-electron chi connectivity index (χ3n) is 2.48. The average molecular weight is 176 g/mol. The highest BCUT2D eigenvalue weighted by molar-refractivity contribution is 5.63. The van der Waals surface area contributed by atoms with Gasteiger partial charge in [0.05, 0.1) is 0 Å². The predicted octanol–water partition coefficient (Wildman–Crippen LogP) is 2.46. The highest BCUT2D eigenvalue weighted by atomic mass is 15.0. The number of aryl methyl sites for hydroxylation is 2. The molecule has 1 aliphatic rings. The minimum absolute atomic E-state index is 0.709. The van der Waals surface area contributed by atoms with E-state index in [1.807, 2.05) is 12.1 Å². The van der Waals surface area contributed by atoms with Gasteiger partial charge in [-0.05, 0) is 49.9 Å². The maximum absolute atomic E-state index is 5.75. The second-order valence-corrected chi connectivity index (χ2v) is 3.95. The molecule has 0 spiro atoms. The summed E-state index contributed by atoms with van der Waals surface area (Å²) in [6.45, 7) is 4.21. The molecule has 3 N–H and O–H groups in total. The lowest BCUT2D eigenvalue weighted by molar-refractivity contribution is 1.13. The Morgan fingerprint density at radius 1 is 1.23 bits per heavy atom. The number of nitrogens with two attached hydrogens (primary N) is 1. The highest BCUT2D eigenvalue weighted by Gasteiger charge is 2.22. The standard InChI is InChI=1S/C11H16N2/c1-7-5-9(12)6-8(2)11(7)13-10-3-4-10/h5-6,10,13H,3-4,12H2,1-2H3. The number of hydrogen-bond donors (Lipinski definition) is 2. The van der Waals surface area contributed by atoms with Crippen LogP contribution in [0.5, 0.6) is 0 Å². The Morgan fingerprint density at radius 2 is 1.77 bits per heavy atom. The van der Waals surface area contributed by atoms with E-state index < -0.39 is 0 Å². The number of hydrogen-bond acceptors (Lipinski definition) is 2. The third-order valence-corrected chi connectivity index (χ3v) is 2.48. The van der Waals surface area contributed by atoms with Crippen LogP contribution in [0, 0.1) is 13.8 Å². The first-order valence-electron chi connectivity index (χ1n) is 4.80. The van der Waals surface area contributed by atoms with Crippen molar-refractivity contribution in [2.45, 2.75) is 32.7 Å². The molecule has 1 aromatic carbocycles. The van der Waals surface area contributed by atoms with Crippen molar-refractivity contribution in [2.75, 3.05) is 11.1 Å². The quantitative estimate of drug-likeness (QED) is 0.679. The SMILES string of the molecule is Cc1cc(N)cc(C)c1NC1CC1. The molecule has 13 heavy (non-hydrogen) atoms. The maximum atomic E-state index is 5.75. The summed E-state index contributed by atoms with van der Waals surface area (Å²) in [7, 11) is 0. The summed E-state index contributed by atoms with van der Waals surface area (Å²) in [6, 6.07) is 4.76. The topological polar surface area (TPSA) is 38.0 Å². The summed E-state index contributed by atoms with van der Waals surface area (Å²) in [5.74, 6) is 0. The van der Waals surface area contributed by atoms with E-state index in [-0.39, 0.29) is 0 Å². The molecule has 0 saturated heterocycles. The van der Waals surface area contributed by atoms with Crippen molar-refractivity contribution in [3.63, 3.8) is 0 Å². The van der Waals surface area contributed by atoms with Gasteiger partial charge in [-0.25, -0.2) is 0 Å². The van der Waals surface area contributed by atoms with Gasteiger partial charge in [-0.3, -0.25) is 0 Å². The first kappa shape index (κ1) is 8.42. The number of nitrogen functional groups attached to an aromatic ring is 1. The first-order valence-corrected chi connectivity index (χ1v) is 4.80. The Bertz CT molecular complexity index is 304. The molecule has 0 heterocycles. The van der Waals surface area contributed by atoms with Crippen molar-refractivity contribution in [3.05, 3.63) is 23.3 Å². The lowest BCUT2D eigenvalue weighted by Crippen LogP contribution is -2.05. The molecule has 0 bridgehead atoms. The van der Waals surface area contributed by atoms with Gasteiger partial charge in [0.1, 0.15) is 0 Å². The van der Waals surface area contributed by atoms with Gasteiger partial charge < -0.3 is 11.1 Å². The molecule has 1 aromatic rings. The van der Waals surface area contributed by atoms with Crippen molar-refractivity contribution in [1.82, 2.24) is 0 Å².